The number of anilines is 1. The Morgan fingerprint density at radius 1 is 1.22 bits per heavy atom. The molecule has 0 saturated carbocycles. The molecule has 23 heavy (non-hydrogen) atoms. The summed E-state index contributed by atoms with van der Waals surface area (Å²) in [5.41, 5.74) is 7.34. The van der Waals surface area contributed by atoms with Crippen LogP contribution in [0.3, 0.4) is 0 Å². The van der Waals surface area contributed by atoms with Crippen molar-refractivity contribution in [2.75, 3.05) is 12.8 Å². The topological polar surface area (TPSA) is 100.0 Å². The number of benzene rings is 1. The van der Waals surface area contributed by atoms with Gasteiger partial charge >= 0.3 is 0 Å². The number of ether oxygens (including phenoxy) is 1. The number of aromatic nitrogens is 4. The minimum absolute atomic E-state index is 0.447. The third kappa shape index (κ3) is 3.78. The molecule has 0 spiro atoms. The first-order valence-electron chi connectivity index (χ1n) is 6.85. The molecule has 0 radical (unpaired) electrons. The highest BCUT2D eigenvalue weighted by molar-refractivity contribution is 7.98. The van der Waals surface area contributed by atoms with Crippen LogP contribution in [0.25, 0.3) is 11.5 Å². The first kappa shape index (κ1) is 15.3. The van der Waals surface area contributed by atoms with Crippen molar-refractivity contribution in [2.45, 2.75) is 17.8 Å². The lowest BCUT2D eigenvalue weighted by Gasteiger charge is -2.01. The molecule has 2 heterocycles. The molecule has 0 fully saturated rings. The fraction of sp³-hybridized carbons (Fsp3) is 0.200. The molecule has 0 bridgehead atoms. The van der Waals surface area contributed by atoms with Gasteiger partial charge in [0.2, 0.25) is 11.8 Å². The third-order valence-electron chi connectivity index (χ3n) is 2.96. The lowest BCUT2D eigenvalue weighted by Crippen LogP contribution is -1.96. The molecule has 3 rings (SSSR count). The van der Waals surface area contributed by atoms with E-state index < -0.39 is 0 Å². The molecule has 0 atom stereocenters. The summed E-state index contributed by atoms with van der Waals surface area (Å²) in [7, 11) is 1.61. The molecular formula is C15H15N5O2S. The fourth-order valence-electron chi connectivity index (χ4n) is 1.94. The van der Waals surface area contributed by atoms with Crippen molar-refractivity contribution in [3.05, 3.63) is 41.9 Å². The molecule has 2 aromatic heterocycles. The van der Waals surface area contributed by atoms with Gasteiger partial charge in [0.1, 0.15) is 11.6 Å². The maximum atomic E-state index is 5.71. The molecule has 8 heteroatoms. The zero-order valence-electron chi connectivity index (χ0n) is 12.7. The zero-order valence-corrected chi connectivity index (χ0v) is 13.5. The summed E-state index contributed by atoms with van der Waals surface area (Å²) in [4.78, 5) is 8.46. The first-order valence-corrected chi connectivity index (χ1v) is 7.83. The van der Waals surface area contributed by atoms with Crippen LogP contribution in [0, 0.1) is 6.92 Å². The predicted octanol–water partition coefficient (Wildman–Crippen LogP) is 2.72. The van der Waals surface area contributed by atoms with Gasteiger partial charge in [-0.3, -0.25) is 0 Å². The molecule has 7 nitrogen and oxygen atoms in total. The minimum Gasteiger partial charge on any atom is -0.497 e. The lowest BCUT2D eigenvalue weighted by molar-refractivity contribution is 0.414. The fourth-order valence-corrected chi connectivity index (χ4v) is 2.69. The van der Waals surface area contributed by atoms with Crippen LogP contribution in [0.15, 0.2) is 39.9 Å². The molecular weight excluding hydrogens is 314 g/mol. The smallest absolute Gasteiger partial charge is 0.247 e. The molecule has 3 aromatic rings. The third-order valence-corrected chi connectivity index (χ3v) is 3.79. The van der Waals surface area contributed by atoms with E-state index in [0.29, 0.717) is 28.5 Å². The highest BCUT2D eigenvalue weighted by Crippen LogP contribution is 2.25. The number of nitrogens with zero attached hydrogens (tertiary/aromatic N) is 4. The standard InChI is InChI=1S/C15H15N5O2S/c1-9-6-12(16)18-15(17-9)23-8-13-19-20-14(22-13)10-4-3-5-11(7-10)21-2/h3-7H,8H2,1-2H3,(H2,16,17,18). The van der Waals surface area contributed by atoms with Crippen molar-refractivity contribution in [2.24, 2.45) is 0 Å². The quantitative estimate of drug-likeness (QED) is 0.563. The highest BCUT2D eigenvalue weighted by Gasteiger charge is 2.11. The van der Waals surface area contributed by atoms with E-state index in [-0.39, 0.29) is 0 Å². The molecule has 0 saturated heterocycles. The van der Waals surface area contributed by atoms with Crippen molar-refractivity contribution in [1.29, 1.82) is 0 Å². The van der Waals surface area contributed by atoms with Crippen LogP contribution in [0.4, 0.5) is 5.82 Å². The second-order valence-corrected chi connectivity index (χ2v) is 5.68. The number of methoxy groups -OCH3 is 1. The van der Waals surface area contributed by atoms with Crippen LogP contribution in [-0.2, 0) is 5.75 Å². The van der Waals surface area contributed by atoms with Crippen molar-refractivity contribution < 1.29 is 9.15 Å². The van der Waals surface area contributed by atoms with E-state index in [1.54, 1.807) is 13.2 Å². The SMILES string of the molecule is COc1cccc(-c2nnc(CSc3nc(C)cc(N)n3)o2)c1. The van der Waals surface area contributed by atoms with E-state index in [4.69, 9.17) is 14.9 Å². The van der Waals surface area contributed by atoms with Crippen LogP contribution in [0.2, 0.25) is 0 Å². The molecule has 2 N–H and O–H groups in total. The summed E-state index contributed by atoms with van der Waals surface area (Å²) in [6.45, 7) is 1.87. The van der Waals surface area contributed by atoms with Crippen molar-refractivity contribution in [3.8, 4) is 17.2 Å². The summed E-state index contributed by atoms with van der Waals surface area (Å²) in [5, 5.41) is 8.69. The number of rotatable bonds is 5. The van der Waals surface area contributed by atoms with E-state index in [0.717, 1.165) is 17.0 Å². The van der Waals surface area contributed by atoms with Gasteiger partial charge in [-0.25, -0.2) is 9.97 Å². The minimum atomic E-state index is 0.447. The zero-order chi connectivity index (χ0) is 16.2. The molecule has 0 amide bonds. The van der Waals surface area contributed by atoms with Gasteiger partial charge < -0.3 is 14.9 Å². The van der Waals surface area contributed by atoms with E-state index in [1.165, 1.54) is 11.8 Å². The second-order valence-electron chi connectivity index (χ2n) is 4.74. The van der Waals surface area contributed by atoms with Crippen molar-refractivity contribution in [3.63, 3.8) is 0 Å². The summed E-state index contributed by atoms with van der Waals surface area (Å²) in [6, 6.07) is 9.18. The molecule has 118 valence electrons. The Morgan fingerprint density at radius 3 is 2.87 bits per heavy atom. The largest absolute Gasteiger partial charge is 0.497 e. The maximum Gasteiger partial charge on any atom is 0.247 e. The molecule has 1 aromatic carbocycles. The predicted molar refractivity (Wildman–Crippen MR) is 87.0 cm³/mol. The van der Waals surface area contributed by atoms with Crippen LogP contribution in [-0.4, -0.2) is 27.3 Å². The van der Waals surface area contributed by atoms with Gasteiger partial charge in [-0.1, -0.05) is 17.8 Å². The molecule has 0 aliphatic rings. The summed E-state index contributed by atoms with van der Waals surface area (Å²) in [6.07, 6.45) is 0. The number of hydrogen-bond donors (Lipinski definition) is 1. The van der Waals surface area contributed by atoms with E-state index in [1.807, 2.05) is 31.2 Å². The molecule has 0 unspecified atom stereocenters. The van der Waals surface area contributed by atoms with Crippen molar-refractivity contribution in [1.82, 2.24) is 20.2 Å². The van der Waals surface area contributed by atoms with Gasteiger partial charge in [0.05, 0.1) is 12.9 Å². The molecule has 0 aliphatic heterocycles. The van der Waals surface area contributed by atoms with Gasteiger partial charge in [0, 0.05) is 17.3 Å². The van der Waals surface area contributed by atoms with E-state index >= 15 is 0 Å². The average Bonchev–Trinajstić information content (AvgIpc) is 3.01. The Labute approximate surface area is 137 Å². The van der Waals surface area contributed by atoms with E-state index in [2.05, 4.69) is 20.2 Å². The summed E-state index contributed by atoms with van der Waals surface area (Å²) < 4.78 is 10.9. The number of nitrogen functional groups attached to an aromatic ring is 1. The van der Waals surface area contributed by atoms with Crippen LogP contribution in [0.5, 0.6) is 5.75 Å². The van der Waals surface area contributed by atoms with E-state index in [9.17, 15) is 0 Å². The lowest BCUT2D eigenvalue weighted by atomic mass is 10.2. The monoisotopic (exact) mass is 329 g/mol. The summed E-state index contributed by atoms with van der Waals surface area (Å²) in [5.74, 6) is 2.60. The number of hydrogen-bond acceptors (Lipinski definition) is 8. The van der Waals surface area contributed by atoms with Gasteiger partial charge in [0.25, 0.3) is 0 Å². The maximum absolute atomic E-state index is 5.71. The average molecular weight is 329 g/mol. The summed E-state index contributed by atoms with van der Waals surface area (Å²) >= 11 is 1.39. The van der Waals surface area contributed by atoms with Crippen LogP contribution < -0.4 is 10.5 Å². The highest BCUT2D eigenvalue weighted by atomic mass is 32.2. The van der Waals surface area contributed by atoms with Gasteiger partial charge in [-0.05, 0) is 25.1 Å². The first-order chi connectivity index (χ1) is 11.1. The van der Waals surface area contributed by atoms with Gasteiger partial charge in [-0.2, -0.15) is 0 Å². The Bertz CT molecular complexity index is 801. The van der Waals surface area contributed by atoms with Crippen LogP contribution >= 0.6 is 11.8 Å². The number of thioether (sulfide) groups is 1. The number of aryl methyl sites for hydroxylation is 1. The normalized spacial score (nSPS) is 10.7. The Hall–Kier alpha value is -2.61. The Kier molecular flexibility index (Phi) is 4.42. The second kappa shape index (κ2) is 6.66. The van der Waals surface area contributed by atoms with Gasteiger partial charge in [-0.15, -0.1) is 10.2 Å². The van der Waals surface area contributed by atoms with Crippen molar-refractivity contribution >= 4 is 17.6 Å². The Morgan fingerprint density at radius 2 is 2.09 bits per heavy atom. The Balaban J connectivity index is 1.71. The molecule has 0 aliphatic carbocycles. The van der Waals surface area contributed by atoms with Crippen LogP contribution in [0.1, 0.15) is 11.6 Å². The number of nitrogens with two attached hydrogens (primary N) is 1. The van der Waals surface area contributed by atoms with Gasteiger partial charge in [0.15, 0.2) is 5.16 Å².